The van der Waals surface area contributed by atoms with Crippen molar-refractivity contribution in [1.29, 1.82) is 0 Å². The van der Waals surface area contributed by atoms with Gasteiger partial charge in [-0.2, -0.15) is 0 Å². The van der Waals surface area contributed by atoms with E-state index in [0.29, 0.717) is 12.1 Å². The molecule has 1 atom stereocenters. The van der Waals surface area contributed by atoms with Crippen LogP contribution in [0.25, 0.3) is 0 Å². The second-order valence-electron chi connectivity index (χ2n) is 8.62. The maximum absolute atomic E-state index is 4.00. The summed E-state index contributed by atoms with van der Waals surface area (Å²) < 4.78 is 0. The number of nitrogens with zero attached hydrogens (tertiary/aromatic N) is 3. The number of benzene rings is 2. The molecule has 0 saturated carbocycles. The Labute approximate surface area is 184 Å². The van der Waals surface area contributed by atoms with E-state index in [-0.39, 0.29) is 0 Å². The average molecular weight is 409 g/mol. The zero-order chi connectivity index (χ0) is 20.9. The maximum Gasteiger partial charge on any atom is 0.115 e. The topological polar surface area (TPSA) is 41.1 Å². The Hall–Kier alpha value is -3.00. The Bertz CT molecular complexity index is 1040. The first kappa shape index (κ1) is 19.9. The van der Waals surface area contributed by atoms with Crippen molar-refractivity contribution in [1.82, 2.24) is 20.2 Å². The highest BCUT2D eigenvalue weighted by molar-refractivity contribution is 5.41. The van der Waals surface area contributed by atoms with Gasteiger partial charge < -0.3 is 5.32 Å². The molecule has 4 heteroatoms. The summed E-state index contributed by atoms with van der Waals surface area (Å²) in [5, 5.41) is 3.80. The molecule has 1 saturated heterocycles. The van der Waals surface area contributed by atoms with Gasteiger partial charge in [0.15, 0.2) is 0 Å². The zero-order valence-electron chi connectivity index (χ0n) is 17.8. The average Bonchev–Trinajstić information content (AvgIpc) is 3.27. The van der Waals surface area contributed by atoms with Crippen LogP contribution in [0.2, 0.25) is 0 Å². The van der Waals surface area contributed by atoms with Crippen molar-refractivity contribution >= 4 is 0 Å². The second kappa shape index (κ2) is 9.43. The Morgan fingerprint density at radius 1 is 0.903 bits per heavy atom. The fraction of sp³-hybridized carbons (Fsp3) is 0.333. The fourth-order valence-corrected chi connectivity index (χ4v) is 4.77. The molecule has 0 amide bonds. The van der Waals surface area contributed by atoms with Gasteiger partial charge in [-0.3, -0.25) is 4.90 Å². The zero-order valence-corrected chi connectivity index (χ0v) is 17.8. The summed E-state index contributed by atoms with van der Waals surface area (Å²) in [6.45, 7) is 3.29. The van der Waals surface area contributed by atoms with Crippen LogP contribution >= 0.6 is 0 Å². The molecular formula is C27H28N4. The quantitative estimate of drug-likeness (QED) is 0.670. The van der Waals surface area contributed by atoms with E-state index in [1.807, 2.05) is 0 Å². The van der Waals surface area contributed by atoms with Gasteiger partial charge in [-0.05, 0) is 61.1 Å². The minimum atomic E-state index is 0.565. The molecule has 1 N–H and O–H groups in total. The Balaban J connectivity index is 1.13. The van der Waals surface area contributed by atoms with Crippen LogP contribution in [0.5, 0.6) is 0 Å². The van der Waals surface area contributed by atoms with Crippen LogP contribution < -0.4 is 5.32 Å². The van der Waals surface area contributed by atoms with Crippen LogP contribution in [-0.4, -0.2) is 40.0 Å². The smallest absolute Gasteiger partial charge is 0.115 e. The van der Waals surface area contributed by atoms with Gasteiger partial charge in [-0.15, -0.1) is 0 Å². The monoisotopic (exact) mass is 408 g/mol. The SMILES string of the molecule is C(#Cc1cncnc1)c1ccc(CN[C@@H]2CCCN(C3Cc4ccccc4C3)C2)cc1. The first-order valence-corrected chi connectivity index (χ1v) is 11.2. The van der Waals surface area contributed by atoms with E-state index < -0.39 is 0 Å². The highest BCUT2D eigenvalue weighted by Crippen LogP contribution is 2.27. The number of hydrogen-bond acceptors (Lipinski definition) is 4. The van der Waals surface area contributed by atoms with Crippen LogP contribution in [0.4, 0.5) is 0 Å². The van der Waals surface area contributed by atoms with Gasteiger partial charge in [0.1, 0.15) is 6.33 Å². The molecule has 2 aliphatic rings. The minimum Gasteiger partial charge on any atom is -0.309 e. The van der Waals surface area contributed by atoms with Crippen molar-refractivity contribution in [3.8, 4) is 11.8 Å². The molecule has 1 aliphatic heterocycles. The highest BCUT2D eigenvalue weighted by atomic mass is 15.2. The minimum absolute atomic E-state index is 0.565. The van der Waals surface area contributed by atoms with E-state index in [0.717, 1.165) is 24.2 Å². The van der Waals surface area contributed by atoms with E-state index in [1.165, 1.54) is 44.1 Å². The number of aromatic nitrogens is 2. The van der Waals surface area contributed by atoms with Gasteiger partial charge in [-0.25, -0.2) is 9.97 Å². The molecule has 0 spiro atoms. The Morgan fingerprint density at radius 2 is 1.61 bits per heavy atom. The molecule has 0 unspecified atom stereocenters. The third-order valence-corrected chi connectivity index (χ3v) is 6.46. The van der Waals surface area contributed by atoms with E-state index in [9.17, 15) is 0 Å². The van der Waals surface area contributed by atoms with Crippen molar-refractivity contribution in [3.63, 3.8) is 0 Å². The summed E-state index contributed by atoms with van der Waals surface area (Å²) in [6.07, 6.45) is 9.94. The summed E-state index contributed by atoms with van der Waals surface area (Å²) >= 11 is 0. The van der Waals surface area contributed by atoms with Gasteiger partial charge in [0.05, 0.1) is 5.56 Å². The molecule has 2 aromatic carbocycles. The molecule has 3 aromatic rings. The molecular weight excluding hydrogens is 380 g/mol. The van der Waals surface area contributed by atoms with Crippen molar-refractivity contribution in [2.24, 2.45) is 0 Å². The second-order valence-corrected chi connectivity index (χ2v) is 8.62. The molecule has 1 aromatic heterocycles. The van der Waals surface area contributed by atoms with Crippen molar-refractivity contribution in [2.45, 2.75) is 44.3 Å². The molecule has 0 bridgehead atoms. The number of likely N-dealkylation sites (tertiary alicyclic amines) is 1. The van der Waals surface area contributed by atoms with Crippen LogP contribution in [0.1, 0.15) is 40.7 Å². The van der Waals surface area contributed by atoms with Crippen molar-refractivity contribution in [2.75, 3.05) is 13.1 Å². The standard InChI is InChI=1S/C27H28N4/c1-2-5-25-15-27(14-24(25)4-1)31-13-3-6-26(19-31)30-18-22-10-7-21(8-11-22)9-12-23-16-28-20-29-17-23/h1-2,4-5,7-8,10-11,16-17,20,26-27,30H,3,6,13-15,18-19H2/t26-/m1/s1. The van der Waals surface area contributed by atoms with E-state index in [4.69, 9.17) is 0 Å². The van der Waals surface area contributed by atoms with E-state index in [1.54, 1.807) is 23.5 Å². The fourth-order valence-electron chi connectivity index (χ4n) is 4.77. The number of rotatable bonds is 4. The van der Waals surface area contributed by atoms with Crippen LogP contribution in [0, 0.1) is 11.8 Å². The van der Waals surface area contributed by atoms with Crippen LogP contribution in [0.15, 0.2) is 67.3 Å². The van der Waals surface area contributed by atoms with Crippen molar-refractivity contribution < 1.29 is 0 Å². The first-order chi connectivity index (χ1) is 15.3. The molecule has 31 heavy (non-hydrogen) atoms. The Morgan fingerprint density at radius 3 is 2.35 bits per heavy atom. The van der Waals surface area contributed by atoms with Crippen molar-refractivity contribution in [3.05, 3.63) is 95.1 Å². The lowest BCUT2D eigenvalue weighted by molar-refractivity contribution is 0.140. The van der Waals surface area contributed by atoms with Gasteiger partial charge in [0.2, 0.25) is 0 Å². The van der Waals surface area contributed by atoms with Crippen LogP contribution in [0.3, 0.4) is 0 Å². The predicted molar refractivity (Wildman–Crippen MR) is 124 cm³/mol. The molecule has 2 heterocycles. The summed E-state index contributed by atoms with van der Waals surface area (Å²) in [4.78, 5) is 10.7. The van der Waals surface area contributed by atoms with Gasteiger partial charge in [0.25, 0.3) is 0 Å². The van der Waals surface area contributed by atoms with Gasteiger partial charge >= 0.3 is 0 Å². The van der Waals surface area contributed by atoms with E-state index >= 15 is 0 Å². The summed E-state index contributed by atoms with van der Waals surface area (Å²) in [5.74, 6) is 6.29. The molecule has 156 valence electrons. The number of nitrogens with one attached hydrogen (secondary N) is 1. The number of hydrogen-bond donors (Lipinski definition) is 1. The lowest BCUT2D eigenvalue weighted by Gasteiger charge is -2.37. The van der Waals surface area contributed by atoms with Crippen LogP contribution in [-0.2, 0) is 19.4 Å². The molecule has 0 radical (unpaired) electrons. The van der Waals surface area contributed by atoms with Gasteiger partial charge in [0, 0.05) is 43.1 Å². The maximum atomic E-state index is 4.00. The third-order valence-electron chi connectivity index (χ3n) is 6.46. The normalized spacial score (nSPS) is 18.9. The number of fused-ring (bicyclic) bond motifs is 1. The Kier molecular flexibility index (Phi) is 6.06. The van der Waals surface area contributed by atoms with E-state index in [2.05, 4.69) is 80.6 Å². The molecule has 1 aliphatic carbocycles. The number of piperidine rings is 1. The molecule has 5 rings (SSSR count). The van der Waals surface area contributed by atoms with Gasteiger partial charge in [-0.1, -0.05) is 48.2 Å². The summed E-state index contributed by atoms with van der Waals surface area (Å²) in [6, 6.07) is 18.7. The lowest BCUT2D eigenvalue weighted by Crippen LogP contribution is -2.49. The summed E-state index contributed by atoms with van der Waals surface area (Å²) in [7, 11) is 0. The third kappa shape index (κ3) is 5.02. The largest absolute Gasteiger partial charge is 0.309 e. The molecule has 1 fully saturated rings. The molecule has 4 nitrogen and oxygen atoms in total. The highest BCUT2D eigenvalue weighted by Gasteiger charge is 2.30. The lowest BCUT2D eigenvalue weighted by atomic mass is 10.0. The first-order valence-electron chi connectivity index (χ1n) is 11.2. The summed E-state index contributed by atoms with van der Waals surface area (Å²) in [5.41, 5.74) is 6.24. The predicted octanol–water partition coefficient (Wildman–Crippen LogP) is 3.60.